The summed E-state index contributed by atoms with van der Waals surface area (Å²) in [7, 11) is 0. The molecular weight excluding hydrogens is 386 g/mol. The lowest BCUT2D eigenvalue weighted by molar-refractivity contribution is 1.55. The van der Waals surface area contributed by atoms with Crippen molar-refractivity contribution in [1.82, 2.24) is 4.98 Å². The summed E-state index contributed by atoms with van der Waals surface area (Å²) in [5.74, 6) is 0. The van der Waals surface area contributed by atoms with Gasteiger partial charge in [-0.25, -0.2) is 0 Å². The molecule has 0 saturated carbocycles. The van der Waals surface area contributed by atoms with Crippen molar-refractivity contribution in [3.05, 3.63) is 108 Å². The summed E-state index contributed by atoms with van der Waals surface area (Å²) in [6, 6.07) is 36.1. The van der Waals surface area contributed by atoms with E-state index in [2.05, 4.69) is 89.9 Å². The van der Waals surface area contributed by atoms with Crippen LogP contribution >= 0.6 is 11.6 Å². The quantitative estimate of drug-likeness (QED) is 0.298. The van der Waals surface area contributed by atoms with Gasteiger partial charge in [0.15, 0.2) is 0 Å². The lowest BCUT2D eigenvalue weighted by Gasteiger charge is -2.14. The van der Waals surface area contributed by atoms with Gasteiger partial charge < -0.3 is 4.98 Å². The maximum Gasteiger partial charge on any atom is 0.0484 e. The van der Waals surface area contributed by atoms with Crippen molar-refractivity contribution in [3.8, 4) is 22.3 Å². The van der Waals surface area contributed by atoms with Crippen LogP contribution in [0.25, 0.3) is 54.8 Å². The Morgan fingerprint density at radius 3 is 1.97 bits per heavy atom. The number of fused-ring (bicyclic) bond motifs is 5. The molecule has 0 aliphatic heterocycles. The predicted octanol–water partition coefficient (Wildman–Crippen LogP) is 8.46. The number of para-hydroxylation sites is 1. The summed E-state index contributed by atoms with van der Waals surface area (Å²) in [4.78, 5) is 3.58. The second-order valence-corrected chi connectivity index (χ2v) is 8.00. The van der Waals surface area contributed by atoms with Crippen LogP contribution in [0.4, 0.5) is 0 Å². The lowest BCUT2D eigenvalue weighted by atomic mass is 9.90. The molecule has 142 valence electrons. The smallest absolute Gasteiger partial charge is 0.0484 e. The number of hydrogen-bond donors (Lipinski definition) is 1. The number of halogens is 1. The van der Waals surface area contributed by atoms with Crippen LogP contribution in [-0.4, -0.2) is 4.98 Å². The van der Waals surface area contributed by atoms with Gasteiger partial charge in [0.25, 0.3) is 0 Å². The van der Waals surface area contributed by atoms with E-state index in [0.29, 0.717) is 0 Å². The predicted molar refractivity (Wildman–Crippen MR) is 129 cm³/mol. The Morgan fingerprint density at radius 1 is 0.467 bits per heavy atom. The Balaban J connectivity index is 1.76. The van der Waals surface area contributed by atoms with Crippen molar-refractivity contribution >= 4 is 44.2 Å². The van der Waals surface area contributed by atoms with E-state index in [1.165, 1.54) is 32.7 Å². The van der Waals surface area contributed by atoms with Gasteiger partial charge in [-0.1, -0.05) is 96.5 Å². The highest BCUT2D eigenvalue weighted by molar-refractivity contribution is 6.33. The number of nitrogens with one attached hydrogen (secondary N) is 1. The molecule has 0 bridgehead atoms. The minimum Gasteiger partial charge on any atom is -0.354 e. The van der Waals surface area contributed by atoms with Crippen molar-refractivity contribution in [3.63, 3.8) is 0 Å². The Labute approximate surface area is 179 Å². The summed E-state index contributed by atoms with van der Waals surface area (Å²) in [6.07, 6.45) is 0. The van der Waals surface area contributed by atoms with Gasteiger partial charge in [0.1, 0.15) is 0 Å². The molecule has 1 N–H and O–H groups in total. The molecule has 2 heteroatoms. The fourth-order valence-corrected chi connectivity index (χ4v) is 4.81. The number of rotatable bonds is 2. The summed E-state index contributed by atoms with van der Waals surface area (Å²) in [5.41, 5.74) is 6.93. The average molecular weight is 404 g/mol. The lowest BCUT2D eigenvalue weighted by Crippen LogP contribution is -1.88. The van der Waals surface area contributed by atoms with E-state index >= 15 is 0 Å². The molecule has 1 aromatic heterocycles. The summed E-state index contributed by atoms with van der Waals surface area (Å²) in [6.45, 7) is 0. The molecule has 0 aliphatic carbocycles. The molecule has 6 aromatic rings. The monoisotopic (exact) mass is 403 g/mol. The SMILES string of the molecule is Clc1ccccc1-c1ccccc1-c1cccc2ccc3[nH]c4ccccc4c3c12. The first kappa shape index (κ1) is 17.3. The van der Waals surface area contributed by atoms with E-state index in [4.69, 9.17) is 11.6 Å². The third kappa shape index (κ3) is 2.56. The van der Waals surface area contributed by atoms with Crippen molar-refractivity contribution in [2.24, 2.45) is 0 Å². The fourth-order valence-electron chi connectivity index (χ4n) is 4.58. The normalized spacial score (nSPS) is 11.5. The fraction of sp³-hybridized carbons (Fsp3) is 0. The van der Waals surface area contributed by atoms with E-state index in [9.17, 15) is 0 Å². The molecule has 0 aliphatic rings. The van der Waals surface area contributed by atoms with Gasteiger partial charge in [0, 0.05) is 32.4 Å². The van der Waals surface area contributed by atoms with Gasteiger partial charge >= 0.3 is 0 Å². The van der Waals surface area contributed by atoms with Gasteiger partial charge in [-0.15, -0.1) is 0 Å². The highest BCUT2D eigenvalue weighted by Crippen LogP contribution is 2.42. The number of aromatic amines is 1. The first-order valence-electron chi connectivity index (χ1n) is 10.1. The topological polar surface area (TPSA) is 15.8 Å². The Hall–Kier alpha value is -3.55. The number of aromatic nitrogens is 1. The summed E-state index contributed by atoms with van der Waals surface area (Å²) in [5, 5.41) is 5.79. The van der Waals surface area contributed by atoms with Crippen LogP contribution in [0.15, 0.2) is 103 Å². The van der Waals surface area contributed by atoms with E-state index in [0.717, 1.165) is 27.2 Å². The van der Waals surface area contributed by atoms with Crippen molar-refractivity contribution in [2.45, 2.75) is 0 Å². The zero-order valence-electron chi connectivity index (χ0n) is 16.2. The minimum absolute atomic E-state index is 0.766. The molecule has 0 unspecified atom stereocenters. The molecule has 30 heavy (non-hydrogen) atoms. The van der Waals surface area contributed by atoms with Crippen LogP contribution in [-0.2, 0) is 0 Å². The van der Waals surface area contributed by atoms with Gasteiger partial charge in [-0.2, -0.15) is 0 Å². The van der Waals surface area contributed by atoms with Crippen LogP contribution in [0.3, 0.4) is 0 Å². The molecule has 0 amide bonds. The third-order valence-corrected chi connectivity index (χ3v) is 6.22. The van der Waals surface area contributed by atoms with Crippen LogP contribution in [0, 0.1) is 0 Å². The van der Waals surface area contributed by atoms with E-state index in [-0.39, 0.29) is 0 Å². The molecule has 0 fully saturated rings. The van der Waals surface area contributed by atoms with Gasteiger partial charge in [-0.05, 0) is 45.7 Å². The molecule has 0 radical (unpaired) electrons. The molecule has 0 saturated heterocycles. The summed E-state index contributed by atoms with van der Waals surface area (Å²) < 4.78 is 0. The van der Waals surface area contributed by atoms with Crippen LogP contribution < -0.4 is 0 Å². The second-order valence-electron chi connectivity index (χ2n) is 7.59. The molecule has 6 rings (SSSR count). The van der Waals surface area contributed by atoms with Gasteiger partial charge in [0.2, 0.25) is 0 Å². The van der Waals surface area contributed by atoms with E-state index in [1.807, 2.05) is 18.2 Å². The van der Waals surface area contributed by atoms with E-state index in [1.54, 1.807) is 0 Å². The molecule has 1 heterocycles. The first-order valence-corrected chi connectivity index (χ1v) is 10.5. The Morgan fingerprint density at radius 2 is 1.13 bits per heavy atom. The van der Waals surface area contributed by atoms with Gasteiger partial charge in [0.05, 0.1) is 0 Å². The Bertz CT molecular complexity index is 1560. The van der Waals surface area contributed by atoms with Crippen LogP contribution in [0.1, 0.15) is 0 Å². The highest BCUT2D eigenvalue weighted by atomic mass is 35.5. The molecule has 0 atom stereocenters. The maximum absolute atomic E-state index is 6.59. The first-order chi connectivity index (χ1) is 14.8. The van der Waals surface area contributed by atoms with Crippen LogP contribution in [0.2, 0.25) is 5.02 Å². The molecular formula is C28H18ClN. The number of hydrogen-bond acceptors (Lipinski definition) is 0. The van der Waals surface area contributed by atoms with Crippen LogP contribution in [0.5, 0.6) is 0 Å². The molecule has 1 nitrogen and oxygen atoms in total. The number of benzene rings is 5. The minimum atomic E-state index is 0.766. The molecule has 0 spiro atoms. The summed E-state index contributed by atoms with van der Waals surface area (Å²) >= 11 is 6.59. The zero-order chi connectivity index (χ0) is 20.1. The number of H-pyrrole nitrogens is 1. The van der Waals surface area contributed by atoms with Gasteiger partial charge in [-0.3, -0.25) is 0 Å². The Kier molecular flexibility index (Phi) is 3.90. The molecule has 5 aromatic carbocycles. The zero-order valence-corrected chi connectivity index (χ0v) is 16.9. The van der Waals surface area contributed by atoms with Crippen molar-refractivity contribution in [1.29, 1.82) is 0 Å². The highest BCUT2D eigenvalue weighted by Gasteiger charge is 2.15. The average Bonchev–Trinajstić information content (AvgIpc) is 3.18. The maximum atomic E-state index is 6.59. The third-order valence-electron chi connectivity index (χ3n) is 5.89. The standard InChI is InChI=1S/C28H18ClN/c29-24-14-5-3-11-21(24)19-9-1-2-10-20(19)22-13-7-8-18-16-17-26-28(27(18)22)23-12-4-6-15-25(23)30-26/h1-17,30H. The second kappa shape index (κ2) is 6.76. The largest absolute Gasteiger partial charge is 0.354 e. The van der Waals surface area contributed by atoms with Crippen molar-refractivity contribution < 1.29 is 0 Å². The van der Waals surface area contributed by atoms with Crippen molar-refractivity contribution in [2.75, 3.05) is 0 Å². The van der Waals surface area contributed by atoms with E-state index < -0.39 is 0 Å².